The summed E-state index contributed by atoms with van der Waals surface area (Å²) in [5.41, 5.74) is 0. The van der Waals surface area contributed by atoms with E-state index in [0.717, 1.165) is 0 Å². The van der Waals surface area contributed by atoms with Gasteiger partial charge < -0.3 is 24.6 Å². The largest absolute Gasteiger partial charge is 0.481 e. The van der Waals surface area contributed by atoms with E-state index in [9.17, 15) is 9.59 Å². The van der Waals surface area contributed by atoms with Gasteiger partial charge in [0.2, 0.25) is 5.91 Å². The van der Waals surface area contributed by atoms with E-state index in [2.05, 4.69) is 5.32 Å². The highest BCUT2D eigenvalue weighted by Crippen LogP contribution is 1.89. The number of nitrogens with one attached hydrogen (secondary N) is 1. The van der Waals surface area contributed by atoms with Crippen LogP contribution < -0.4 is 5.32 Å². The first kappa shape index (κ1) is 18.8. The van der Waals surface area contributed by atoms with Crippen LogP contribution in [0.2, 0.25) is 0 Å². The molecular formula is C13H25NO6. The third-order valence-electron chi connectivity index (χ3n) is 2.30. The molecule has 0 heterocycles. The van der Waals surface area contributed by atoms with E-state index < -0.39 is 5.97 Å². The molecule has 0 aliphatic heterocycles. The van der Waals surface area contributed by atoms with E-state index in [1.165, 1.54) is 0 Å². The number of ether oxygens (including phenoxy) is 3. The van der Waals surface area contributed by atoms with Crippen molar-refractivity contribution in [3.05, 3.63) is 0 Å². The summed E-state index contributed by atoms with van der Waals surface area (Å²) in [5.74, 6) is -1.21. The number of carboxylic acid groups (broad SMARTS) is 1. The predicted molar refractivity (Wildman–Crippen MR) is 72.6 cm³/mol. The van der Waals surface area contributed by atoms with E-state index in [-0.39, 0.29) is 18.7 Å². The number of carboxylic acids is 1. The maximum atomic E-state index is 11.2. The van der Waals surface area contributed by atoms with Crippen molar-refractivity contribution >= 4 is 11.9 Å². The van der Waals surface area contributed by atoms with Gasteiger partial charge in [-0.15, -0.1) is 0 Å². The Morgan fingerprint density at radius 2 is 1.55 bits per heavy atom. The summed E-state index contributed by atoms with van der Waals surface area (Å²) in [6.07, 6.45) is 0.572. The van der Waals surface area contributed by atoms with Crippen LogP contribution in [-0.4, -0.2) is 63.2 Å². The van der Waals surface area contributed by atoms with Gasteiger partial charge in [-0.3, -0.25) is 9.59 Å². The van der Waals surface area contributed by atoms with Gasteiger partial charge >= 0.3 is 5.97 Å². The fraction of sp³-hybridized carbons (Fsp3) is 0.846. The quantitative estimate of drug-likeness (QED) is 0.451. The molecule has 0 fully saturated rings. The molecule has 0 bridgehead atoms. The fourth-order valence-electron chi connectivity index (χ4n) is 1.30. The van der Waals surface area contributed by atoms with Crippen LogP contribution in [0, 0.1) is 0 Å². The smallest absolute Gasteiger partial charge is 0.303 e. The van der Waals surface area contributed by atoms with Gasteiger partial charge in [-0.25, -0.2) is 0 Å². The van der Waals surface area contributed by atoms with Crippen molar-refractivity contribution in [1.82, 2.24) is 5.32 Å². The van der Waals surface area contributed by atoms with Gasteiger partial charge in [0.1, 0.15) is 0 Å². The molecule has 7 heteroatoms. The monoisotopic (exact) mass is 291 g/mol. The lowest BCUT2D eigenvalue weighted by Crippen LogP contribution is -2.25. The van der Waals surface area contributed by atoms with Crippen LogP contribution in [0.4, 0.5) is 0 Å². The van der Waals surface area contributed by atoms with Gasteiger partial charge in [0.15, 0.2) is 0 Å². The van der Waals surface area contributed by atoms with Crippen molar-refractivity contribution in [2.24, 2.45) is 0 Å². The Labute approximate surface area is 119 Å². The molecule has 0 spiro atoms. The summed E-state index contributed by atoms with van der Waals surface area (Å²) >= 11 is 0. The van der Waals surface area contributed by atoms with Crippen LogP contribution in [0.15, 0.2) is 0 Å². The van der Waals surface area contributed by atoms with Crippen molar-refractivity contribution in [3.8, 4) is 0 Å². The number of amides is 1. The lowest BCUT2D eigenvalue weighted by Gasteiger charge is -2.07. The molecule has 0 rings (SSSR count). The Bertz CT molecular complexity index is 259. The average Bonchev–Trinajstić information content (AvgIpc) is 2.42. The fourth-order valence-corrected chi connectivity index (χ4v) is 1.30. The average molecular weight is 291 g/mol. The third-order valence-corrected chi connectivity index (χ3v) is 2.30. The number of rotatable bonds is 14. The Morgan fingerprint density at radius 3 is 2.15 bits per heavy atom. The minimum absolute atomic E-state index is 0.0177. The molecule has 0 saturated carbocycles. The van der Waals surface area contributed by atoms with Crippen molar-refractivity contribution in [3.63, 3.8) is 0 Å². The summed E-state index contributed by atoms with van der Waals surface area (Å²) < 4.78 is 15.7. The second-order valence-electron chi connectivity index (χ2n) is 4.02. The summed E-state index contributed by atoms with van der Waals surface area (Å²) in [7, 11) is 0. The number of hydrogen-bond acceptors (Lipinski definition) is 5. The molecule has 118 valence electrons. The highest BCUT2D eigenvalue weighted by atomic mass is 16.5. The minimum Gasteiger partial charge on any atom is -0.481 e. The molecule has 1 amide bonds. The van der Waals surface area contributed by atoms with E-state index in [1.54, 1.807) is 0 Å². The third kappa shape index (κ3) is 14.9. The van der Waals surface area contributed by atoms with Gasteiger partial charge in [-0.2, -0.15) is 0 Å². The van der Waals surface area contributed by atoms with Gasteiger partial charge in [-0.1, -0.05) is 0 Å². The van der Waals surface area contributed by atoms with Crippen molar-refractivity contribution in [2.45, 2.75) is 26.2 Å². The normalized spacial score (nSPS) is 10.4. The van der Waals surface area contributed by atoms with Crippen molar-refractivity contribution in [1.29, 1.82) is 0 Å². The second kappa shape index (κ2) is 14.2. The number of hydrogen-bond donors (Lipinski definition) is 2. The van der Waals surface area contributed by atoms with Crippen LogP contribution in [0.1, 0.15) is 26.2 Å². The number of carbonyl (C=O) groups is 2. The van der Waals surface area contributed by atoms with Crippen molar-refractivity contribution in [2.75, 3.05) is 46.2 Å². The van der Waals surface area contributed by atoms with Gasteiger partial charge in [0.05, 0.1) is 32.8 Å². The highest BCUT2D eigenvalue weighted by Gasteiger charge is 2.03. The van der Waals surface area contributed by atoms with E-state index in [1.807, 2.05) is 6.92 Å². The van der Waals surface area contributed by atoms with E-state index >= 15 is 0 Å². The number of aliphatic carboxylic acids is 1. The zero-order chi connectivity index (χ0) is 15.1. The molecular weight excluding hydrogens is 266 g/mol. The molecule has 0 saturated heterocycles. The molecule has 2 N–H and O–H groups in total. The Balaban J connectivity index is 3.12. The van der Waals surface area contributed by atoms with Crippen molar-refractivity contribution < 1.29 is 28.9 Å². The molecule has 0 atom stereocenters. The first-order valence-electron chi connectivity index (χ1n) is 6.88. The van der Waals surface area contributed by atoms with Gasteiger partial charge in [-0.05, 0) is 13.3 Å². The van der Waals surface area contributed by atoms with E-state index in [4.69, 9.17) is 19.3 Å². The molecule has 7 nitrogen and oxygen atoms in total. The Kier molecular flexibility index (Phi) is 13.4. The molecule has 20 heavy (non-hydrogen) atoms. The molecule has 0 aromatic carbocycles. The van der Waals surface area contributed by atoms with Crippen LogP contribution >= 0.6 is 0 Å². The van der Waals surface area contributed by atoms with Crippen LogP contribution in [0.5, 0.6) is 0 Å². The zero-order valence-corrected chi connectivity index (χ0v) is 12.1. The Hall–Kier alpha value is -1.18. The maximum absolute atomic E-state index is 11.2. The molecule has 0 aromatic rings. The second-order valence-corrected chi connectivity index (χ2v) is 4.02. The standard InChI is InChI=1S/C13H25NO6/c1-2-18-8-9-20-11-10-19-7-3-6-14-12(15)4-5-13(16)17/h2-11H2,1H3,(H,14,15)(H,16,17). The maximum Gasteiger partial charge on any atom is 0.303 e. The van der Waals surface area contributed by atoms with Gasteiger partial charge in [0.25, 0.3) is 0 Å². The topological polar surface area (TPSA) is 94.1 Å². The first-order chi connectivity index (χ1) is 9.66. The lowest BCUT2D eigenvalue weighted by molar-refractivity contribution is -0.138. The van der Waals surface area contributed by atoms with Crippen LogP contribution in [0.25, 0.3) is 0 Å². The molecule has 0 aliphatic rings. The lowest BCUT2D eigenvalue weighted by atomic mass is 10.3. The summed E-state index contributed by atoms with van der Waals surface area (Å²) in [6.45, 7) is 5.85. The highest BCUT2D eigenvalue weighted by molar-refractivity contribution is 5.80. The Morgan fingerprint density at radius 1 is 0.950 bits per heavy atom. The summed E-state index contributed by atoms with van der Waals surface area (Å²) in [5, 5.41) is 11.0. The predicted octanol–water partition coefficient (Wildman–Crippen LogP) is 0.427. The van der Waals surface area contributed by atoms with Crippen LogP contribution in [-0.2, 0) is 23.8 Å². The SMILES string of the molecule is CCOCCOCCOCCCNC(=O)CCC(=O)O. The van der Waals surface area contributed by atoms with E-state index in [0.29, 0.717) is 52.6 Å². The number of carbonyl (C=O) groups excluding carboxylic acids is 1. The molecule has 0 unspecified atom stereocenters. The van der Waals surface area contributed by atoms with Gasteiger partial charge in [0, 0.05) is 26.2 Å². The van der Waals surface area contributed by atoms with Crippen LogP contribution in [0.3, 0.4) is 0 Å². The summed E-state index contributed by atoms with van der Waals surface area (Å²) in [6, 6.07) is 0. The zero-order valence-electron chi connectivity index (χ0n) is 12.1. The first-order valence-corrected chi connectivity index (χ1v) is 6.88. The summed E-state index contributed by atoms with van der Waals surface area (Å²) in [4.78, 5) is 21.4. The molecule has 0 aromatic heterocycles. The molecule has 0 aliphatic carbocycles. The molecule has 0 radical (unpaired) electrons. The minimum atomic E-state index is -0.965.